The highest BCUT2D eigenvalue weighted by Crippen LogP contribution is 2.24. The van der Waals surface area contributed by atoms with Gasteiger partial charge in [-0.15, -0.1) is 0 Å². The first-order chi connectivity index (χ1) is 6.47. The molecule has 0 saturated carbocycles. The van der Waals surface area contributed by atoms with Gasteiger partial charge in [0.15, 0.2) is 0 Å². The molecule has 14 heavy (non-hydrogen) atoms. The largest absolute Gasteiger partial charge is 0.460 e. The molecular formula is C10H16Br2O2. The number of carbonyl (C=O) groups is 1. The van der Waals surface area contributed by atoms with Crippen LogP contribution in [0.4, 0.5) is 0 Å². The summed E-state index contributed by atoms with van der Waals surface area (Å²) in [6.45, 7) is 6.38. The molecule has 0 unspecified atom stereocenters. The number of rotatable bonds is 5. The van der Waals surface area contributed by atoms with E-state index in [1.54, 1.807) is 6.92 Å². The van der Waals surface area contributed by atoms with Crippen LogP contribution in [0.15, 0.2) is 8.96 Å². The van der Waals surface area contributed by atoms with Gasteiger partial charge < -0.3 is 4.74 Å². The first kappa shape index (κ1) is 14.2. The molecular weight excluding hydrogens is 312 g/mol. The summed E-state index contributed by atoms with van der Waals surface area (Å²) in [6.07, 6.45) is 1.37. The Labute approximate surface area is 102 Å². The van der Waals surface area contributed by atoms with Crippen LogP contribution < -0.4 is 0 Å². The van der Waals surface area contributed by atoms with Crippen LogP contribution in [0.1, 0.15) is 33.6 Å². The van der Waals surface area contributed by atoms with Crippen molar-refractivity contribution in [1.29, 1.82) is 0 Å². The van der Waals surface area contributed by atoms with Crippen molar-refractivity contribution >= 4 is 37.8 Å². The van der Waals surface area contributed by atoms with E-state index in [9.17, 15) is 4.79 Å². The van der Waals surface area contributed by atoms with E-state index >= 15 is 0 Å². The molecule has 0 aliphatic carbocycles. The molecule has 0 aromatic heterocycles. The predicted octanol–water partition coefficient (Wildman–Crippen LogP) is 3.99. The van der Waals surface area contributed by atoms with Crippen molar-refractivity contribution in [2.24, 2.45) is 5.92 Å². The van der Waals surface area contributed by atoms with Gasteiger partial charge in [0.2, 0.25) is 0 Å². The van der Waals surface area contributed by atoms with Crippen LogP contribution in [0.25, 0.3) is 0 Å². The molecule has 0 aromatic rings. The fraction of sp³-hybridized carbons (Fsp3) is 0.700. The van der Waals surface area contributed by atoms with Crippen LogP contribution in [-0.4, -0.2) is 12.6 Å². The Morgan fingerprint density at radius 2 is 1.86 bits per heavy atom. The van der Waals surface area contributed by atoms with E-state index in [1.165, 1.54) is 0 Å². The zero-order valence-corrected chi connectivity index (χ0v) is 11.9. The quantitative estimate of drug-likeness (QED) is 0.714. The Kier molecular flexibility index (Phi) is 7.55. The van der Waals surface area contributed by atoms with Crippen molar-refractivity contribution in [3.05, 3.63) is 8.96 Å². The average molecular weight is 328 g/mol. The monoisotopic (exact) mass is 326 g/mol. The van der Waals surface area contributed by atoms with Gasteiger partial charge >= 0.3 is 5.97 Å². The third-order valence-electron chi connectivity index (χ3n) is 1.53. The van der Waals surface area contributed by atoms with E-state index in [0.717, 1.165) is 15.4 Å². The Morgan fingerprint density at radius 3 is 2.29 bits per heavy atom. The van der Waals surface area contributed by atoms with Crippen LogP contribution >= 0.6 is 31.9 Å². The van der Waals surface area contributed by atoms with Gasteiger partial charge in [-0.25, -0.2) is 0 Å². The molecule has 0 spiro atoms. The van der Waals surface area contributed by atoms with Gasteiger partial charge in [0, 0.05) is 15.4 Å². The molecule has 0 aliphatic heterocycles. The summed E-state index contributed by atoms with van der Waals surface area (Å²) >= 11 is 6.84. The first-order valence-electron chi connectivity index (χ1n) is 4.66. The fourth-order valence-electron chi connectivity index (χ4n) is 0.793. The van der Waals surface area contributed by atoms with Crippen molar-refractivity contribution in [3.8, 4) is 0 Å². The third-order valence-corrected chi connectivity index (χ3v) is 3.57. The lowest BCUT2D eigenvalue weighted by molar-refractivity contribution is -0.142. The number of carbonyl (C=O) groups excluding carboxylic acids is 1. The highest BCUT2D eigenvalue weighted by molar-refractivity contribution is 9.14. The third kappa shape index (κ3) is 6.60. The van der Waals surface area contributed by atoms with Gasteiger partial charge in [-0.1, -0.05) is 52.6 Å². The lowest BCUT2D eigenvalue weighted by Crippen LogP contribution is -2.04. The number of halogens is 2. The van der Waals surface area contributed by atoms with Gasteiger partial charge in [-0.05, 0) is 12.3 Å². The summed E-state index contributed by atoms with van der Waals surface area (Å²) in [6, 6.07) is 0. The molecule has 0 radical (unpaired) electrons. The molecule has 0 amide bonds. The second kappa shape index (κ2) is 7.46. The molecule has 0 aliphatic rings. The SMILES string of the molecule is CCC(=O)OCC(Br)=C(Br)CC(C)C. The zero-order chi connectivity index (χ0) is 11.1. The Morgan fingerprint density at radius 1 is 1.29 bits per heavy atom. The van der Waals surface area contributed by atoms with Crippen LogP contribution in [-0.2, 0) is 9.53 Å². The van der Waals surface area contributed by atoms with Crippen LogP contribution in [0.5, 0.6) is 0 Å². The summed E-state index contributed by atoms with van der Waals surface area (Å²) in [7, 11) is 0. The smallest absolute Gasteiger partial charge is 0.305 e. The highest BCUT2D eigenvalue weighted by Gasteiger charge is 2.06. The second-order valence-electron chi connectivity index (χ2n) is 3.42. The molecule has 0 fully saturated rings. The van der Waals surface area contributed by atoms with Gasteiger partial charge in [0.05, 0.1) is 0 Å². The lowest BCUT2D eigenvalue weighted by Gasteiger charge is -2.07. The molecule has 0 bridgehead atoms. The molecule has 0 aromatic carbocycles. The maximum absolute atomic E-state index is 10.9. The van der Waals surface area contributed by atoms with E-state index in [0.29, 0.717) is 18.9 Å². The van der Waals surface area contributed by atoms with E-state index in [4.69, 9.17) is 4.74 Å². The number of hydrogen-bond acceptors (Lipinski definition) is 2. The van der Waals surface area contributed by atoms with Crippen LogP contribution in [0.2, 0.25) is 0 Å². The summed E-state index contributed by atoms with van der Waals surface area (Å²) in [5.74, 6) is 0.408. The second-order valence-corrected chi connectivity index (χ2v) is 5.34. The maximum atomic E-state index is 10.9. The van der Waals surface area contributed by atoms with Crippen LogP contribution in [0, 0.1) is 5.92 Å². The van der Waals surface area contributed by atoms with Crippen molar-refractivity contribution in [3.63, 3.8) is 0 Å². The molecule has 4 heteroatoms. The minimum absolute atomic E-state index is 0.174. The van der Waals surface area contributed by atoms with Gasteiger partial charge in [0.25, 0.3) is 0 Å². The molecule has 0 rings (SSSR count). The van der Waals surface area contributed by atoms with E-state index in [1.807, 2.05) is 0 Å². The average Bonchev–Trinajstić information content (AvgIpc) is 2.12. The van der Waals surface area contributed by atoms with Crippen molar-refractivity contribution in [1.82, 2.24) is 0 Å². The van der Waals surface area contributed by atoms with Crippen molar-refractivity contribution in [2.75, 3.05) is 6.61 Å². The first-order valence-corrected chi connectivity index (χ1v) is 6.24. The Bertz CT molecular complexity index is 222. The summed E-state index contributed by atoms with van der Waals surface area (Å²) in [5.41, 5.74) is 0. The van der Waals surface area contributed by atoms with Crippen LogP contribution in [0.3, 0.4) is 0 Å². The predicted molar refractivity (Wildman–Crippen MR) is 65.6 cm³/mol. The molecule has 82 valence electrons. The summed E-state index contributed by atoms with van der Waals surface area (Å²) in [4.78, 5) is 10.9. The molecule has 0 heterocycles. The van der Waals surface area contributed by atoms with E-state index in [-0.39, 0.29) is 5.97 Å². The minimum atomic E-state index is -0.174. The minimum Gasteiger partial charge on any atom is -0.460 e. The molecule has 2 nitrogen and oxygen atoms in total. The normalized spacial score (nSPS) is 12.7. The number of esters is 1. The zero-order valence-electron chi connectivity index (χ0n) is 8.77. The molecule has 0 N–H and O–H groups in total. The highest BCUT2D eigenvalue weighted by atomic mass is 79.9. The molecule has 0 saturated heterocycles. The topological polar surface area (TPSA) is 26.3 Å². The Hall–Kier alpha value is 0.170. The van der Waals surface area contributed by atoms with Gasteiger partial charge in [0.1, 0.15) is 6.61 Å². The number of hydrogen-bond donors (Lipinski definition) is 0. The molecule has 0 atom stereocenters. The van der Waals surface area contributed by atoms with E-state index < -0.39 is 0 Å². The van der Waals surface area contributed by atoms with Crippen molar-refractivity contribution < 1.29 is 9.53 Å². The fourth-order valence-corrected chi connectivity index (χ4v) is 1.83. The Balaban J connectivity index is 4.03. The standard InChI is InChI=1S/C10H16Br2O2/c1-4-10(13)14-6-9(12)8(11)5-7(2)3/h7H,4-6H2,1-3H3. The number of allylic oxidation sites excluding steroid dienone is 1. The number of ether oxygens (including phenoxy) is 1. The lowest BCUT2D eigenvalue weighted by atomic mass is 10.1. The van der Waals surface area contributed by atoms with Crippen molar-refractivity contribution in [2.45, 2.75) is 33.6 Å². The van der Waals surface area contributed by atoms with Gasteiger partial charge in [-0.3, -0.25) is 4.79 Å². The summed E-state index contributed by atoms with van der Waals surface area (Å²) in [5, 5.41) is 0. The van der Waals surface area contributed by atoms with E-state index in [2.05, 4.69) is 45.7 Å². The van der Waals surface area contributed by atoms with Gasteiger partial charge in [-0.2, -0.15) is 0 Å². The summed E-state index contributed by atoms with van der Waals surface area (Å²) < 4.78 is 6.96. The maximum Gasteiger partial charge on any atom is 0.305 e.